The quantitative estimate of drug-likeness (QED) is 0.726. The largest absolute Gasteiger partial charge is 0.399 e. The van der Waals surface area contributed by atoms with Gasteiger partial charge in [0.15, 0.2) is 0 Å². The van der Waals surface area contributed by atoms with E-state index < -0.39 is 10.0 Å². The highest BCUT2D eigenvalue weighted by Crippen LogP contribution is 2.10. The molecule has 0 radical (unpaired) electrons. The van der Waals surface area contributed by atoms with Gasteiger partial charge in [-0.3, -0.25) is 4.79 Å². The molecular weight excluding hydrogens is 290 g/mol. The van der Waals surface area contributed by atoms with Gasteiger partial charge in [0.05, 0.1) is 4.90 Å². The molecule has 7 heteroatoms. The highest BCUT2D eigenvalue weighted by molar-refractivity contribution is 7.89. The molecule has 0 bridgehead atoms. The second kappa shape index (κ2) is 5.94. The summed E-state index contributed by atoms with van der Waals surface area (Å²) in [6.45, 7) is 0.276. The molecule has 0 saturated heterocycles. The minimum atomic E-state index is -3.70. The summed E-state index contributed by atoms with van der Waals surface area (Å²) >= 11 is 0. The molecule has 2 rings (SSSR count). The lowest BCUT2D eigenvalue weighted by Crippen LogP contribution is -2.22. The predicted molar refractivity (Wildman–Crippen MR) is 79.8 cm³/mol. The van der Waals surface area contributed by atoms with Gasteiger partial charge >= 0.3 is 0 Å². The van der Waals surface area contributed by atoms with Gasteiger partial charge in [0.25, 0.3) is 5.91 Å². The molecule has 0 unspecified atom stereocenters. The summed E-state index contributed by atoms with van der Waals surface area (Å²) in [5.41, 5.74) is 7.36. The number of rotatable bonds is 4. The van der Waals surface area contributed by atoms with Crippen molar-refractivity contribution in [3.8, 4) is 0 Å². The van der Waals surface area contributed by atoms with Gasteiger partial charge in [-0.25, -0.2) is 13.6 Å². The Morgan fingerprint density at radius 3 is 2.33 bits per heavy atom. The van der Waals surface area contributed by atoms with Gasteiger partial charge in [-0.05, 0) is 35.9 Å². The minimum absolute atomic E-state index is 0.0356. The van der Waals surface area contributed by atoms with Crippen LogP contribution in [0.1, 0.15) is 15.9 Å². The molecular formula is C14H15N3O3S. The van der Waals surface area contributed by atoms with E-state index in [1.54, 1.807) is 36.4 Å². The average Bonchev–Trinajstić information content (AvgIpc) is 2.44. The third kappa shape index (κ3) is 4.04. The van der Waals surface area contributed by atoms with E-state index in [0.29, 0.717) is 11.3 Å². The van der Waals surface area contributed by atoms with Gasteiger partial charge in [0, 0.05) is 17.8 Å². The molecule has 0 aliphatic carbocycles. The van der Waals surface area contributed by atoms with Crippen LogP contribution in [0.3, 0.4) is 0 Å². The van der Waals surface area contributed by atoms with Crippen molar-refractivity contribution >= 4 is 21.6 Å². The number of primary sulfonamides is 1. The van der Waals surface area contributed by atoms with E-state index in [2.05, 4.69) is 5.32 Å². The smallest absolute Gasteiger partial charge is 0.251 e. The lowest BCUT2D eigenvalue weighted by Gasteiger charge is -2.06. The Hall–Kier alpha value is -2.38. The van der Waals surface area contributed by atoms with Crippen molar-refractivity contribution in [2.24, 2.45) is 5.14 Å². The first kappa shape index (κ1) is 15.0. The van der Waals surface area contributed by atoms with E-state index in [1.807, 2.05) is 0 Å². The van der Waals surface area contributed by atoms with E-state index in [1.165, 1.54) is 12.1 Å². The monoisotopic (exact) mass is 305 g/mol. The average molecular weight is 305 g/mol. The number of hydrogen-bond acceptors (Lipinski definition) is 4. The first-order valence-corrected chi connectivity index (χ1v) is 7.66. The number of anilines is 1. The molecule has 0 fully saturated rings. The maximum atomic E-state index is 11.9. The maximum absolute atomic E-state index is 11.9. The minimum Gasteiger partial charge on any atom is -0.399 e. The Balaban J connectivity index is 2.02. The Labute approximate surface area is 122 Å². The molecule has 0 saturated carbocycles. The standard InChI is InChI=1S/C14H15N3O3S/c15-12-3-1-2-11(8-12)14(18)17-9-10-4-6-13(7-5-10)21(16,19)20/h1-8H,9,15H2,(H,17,18)(H2,16,19,20). The highest BCUT2D eigenvalue weighted by atomic mass is 32.2. The zero-order chi connectivity index (χ0) is 15.5. The van der Waals surface area contributed by atoms with Crippen LogP contribution >= 0.6 is 0 Å². The van der Waals surface area contributed by atoms with E-state index in [-0.39, 0.29) is 17.3 Å². The zero-order valence-electron chi connectivity index (χ0n) is 11.1. The summed E-state index contributed by atoms with van der Waals surface area (Å²) in [7, 11) is -3.70. The third-order valence-corrected chi connectivity index (χ3v) is 3.78. The summed E-state index contributed by atoms with van der Waals surface area (Å²) in [6, 6.07) is 12.6. The van der Waals surface area contributed by atoms with Gasteiger partial charge in [-0.2, -0.15) is 0 Å². The molecule has 2 aromatic carbocycles. The number of carbonyl (C=O) groups is 1. The van der Waals surface area contributed by atoms with Crippen molar-refractivity contribution < 1.29 is 13.2 Å². The van der Waals surface area contributed by atoms with Crippen LogP contribution in [0.4, 0.5) is 5.69 Å². The van der Waals surface area contributed by atoms with Crippen molar-refractivity contribution in [2.75, 3.05) is 5.73 Å². The van der Waals surface area contributed by atoms with Gasteiger partial charge < -0.3 is 11.1 Å². The van der Waals surface area contributed by atoms with Gasteiger partial charge in [-0.1, -0.05) is 18.2 Å². The van der Waals surface area contributed by atoms with E-state index in [0.717, 1.165) is 5.56 Å². The van der Waals surface area contributed by atoms with Crippen LogP contribution in [0.15, 0.2) is 53.4 Å². The summed E-state index contributed by atoms with van der Waals surface area (Å²) in [5, 5.41) is 7.74. The number of nitrogens with one attached hydrogen (secondary N) is 1. The van der Waals surface area contributed by atoms with E-state index in [9.17, 15) is 13.2 Å². The SMILES string of the molecule is Nc1cccc(C(=O)NCc2ccc(S(N)(=O)=O)cc2)c1. The van der Waals surface area contributed by atoms with E-state index >= 15 is 0 Å². The molecule has 6 nitrogen and oxygen atoms in total. The molecule has 0 aliphatic rings. The molecule has 0 spiro atoms. The summed E-state index contributed by atoms with van der Waals surface area (Å²) in [5.74, 6) is -0.252. The number of nitrogens with two attached hydrogens (primary N) is 2. The fraction of sp³-hybridized carbons (Fsp3) is 0.0714. The Kier molecular flexibility index (Phi) is 4.25. The Bertz CT molecular complexity index is 755. The van der Waals surface area contributed by atoms with Crippen LogP contribution in [0.5, 0.6) is 0 Å². The lowest BCUT2D eigenvalue weighted by atomic mass is 10.2. The predicted octanol–water partition coefficient (Wildman–Crippen LogP) is 0.846. The van der Waals surface area contributed by atoms with Crippen LogP contribution in [-0.4, -0.2) is 14.3 Å². The zero-order valence-corrected chi connectivity index (χ0v) is 11.9. The molecule has 0 aliphatic heterocycles. The maximum Gasteiger partial charge on any atom is 0.251 e. The molecule has 21 heavy (non-hydrogen) atoms. The number of hydrogen-bond donors (Lipinski definition) is 3. The van der Waals surface area contributed by atoms with Crippen molar-refractivity contribution in [3.05, 3.63) is 59.7 Å². The normalized spacial score (nSPS) is 11.1. The molecule has 2 aromatic rings. The van der Waals surface area contributed by atoms with Gasteiger partial charge in [-0.15, -0.1) is 0 Å². The molecule has 1 amide bonds. The number of carbonyl (C=O) groups excluding carboxylic acids is 1. The summed E-state index contributed by atoms with van der Waals surface area (Å²) in [4.78, 5) is 11.9. The number of sulfonamides is 1. The van der Waals surface area contributed by atoms with Crippen molar-refractivity contribution in [1.82, 2.24) is 5.32 Å². The lowest BCUT2D eigenvalue weighted by molar-refractivity contribution is 0.0951. The molecule has 0 heterocycles. The second-order valence-electron chi connectivity index (χ2n) is 4.50. The van der Waals surface area contributed by atoms with Crippen molar-refractivity contribution in [2.45, 2.75) is 11.4 Å². The van der Waals surface area contributed by atoms with Crippen molar-refractivity contribution in [3.63, 3.8) is 0 Å². The van der Waals surface area contributed by atoms with Crippen LogP contribution in [-0.2, 0) is 16.6 Å². The topological polar surface area (TPSA) is 115 Å². The fourth-order valence-corrected chi connectivity index (χ4v) is 2.28. The first-order chi connectivity index (χ1) is 9.86. The molecule has 0 aromatic heterocycles. The van der Waals surface area contributed by atoms with Gasteiger partial charge in [0.1, 0.15) is 0 Å². The van der Waals surface area contributed by atoms with Crippen LogP contribution in [0, 0.1) is 0 Å². The van der Waals surface area contributed by atoms with E-state index in [4.69, 9.17) is 10.9 Å². The van der Waals surface area contributed by atoms with Gasteiger partial charge in [0.2, 0.25) is 10.0 Å². The first-order valence-electron chi connectivity index (χ1n) is 6.12. The van der Waals surface area contributed by atoms with Crippen molar-refractivity contribution in [1.29, 1.82) is 0 Å². The van der Waals surface area contributed by atoms with Crippen LogP contribution in [0.25, 0.3) is 0 Å². The fourth-order valence-electron chi connectivity index (χ4n) is 1.76. The summed E-state index contributed by atoms with van der Waals surface area (Å²) < 4.78 is 22.2. The number of nitrogen functional groups attached to an aromatic ring is 1. The molecule has 110 valence electrons. The Morgan fingerprint density at radius 2 is 1.76 bits per heavy atom. The third-order valence-electron chi connectivity index (χ3n) is 2.85. The second-order valence-corrected chi connectivity index (χ2v) is 6.06. The number of benzene rings is 2. The highest BCUT2D eigenvalue weighted by Gasteiger charge is 2.08. The summed E-state index contributed by atoms with van der Waals surface area (Å²) in [6.07, 6.45) is 0. The molecule has 0 atom stereocenters. The number of amides is 1. The molecule has 5 N–H and O–H groups in total. The van der Waals surface area contributed by atoms with Crippen LogP contribution < -0.4 is 16.2 Å². The Morgan fingerprint density at radius 1 is 1.10 bits per heavy atom. The van der Waals surface area contributed by atoms with Crippen LogP contribution in [0.2, 0.25) is 0 Å².